The summed E-state index contributed by atoms with van der Waals surface area (Å²) in [6.07, 6.45) is 10.0. The fourth-order valence-electron chi connectivity index (χ4n) is 3.70. The van der Waals surface area contributed by atoms with Gasteiger partial charge in [-0.25, -0.2) is 0 Å². The van der Waals surface area contributed by atoms with Gasteiger partial charge in [-0.15, -0.1) is 0 Å². The number of rotatable bonds is 5. The highest BCUT2D eigenvalue weighted by molar-refractivity contribution is 5.94. The van der Waals surface area contributed by atoms with Crippen LogP contribution in [0.1, 0.15) is 41.7 Å². The van der Waals surface area contributed by atoms with Crippen LogP contribution in [0.5, 0.6) is 5.75 Å². The second-order valence-electron chi connectivity index (χ2n) is 7.28. The Kier molecular flexibility index (Phi) is 5.63. The molecule has 4 rings (SSSR count). The first kappa shape index (κ1) is 17.9. The zero-order valence-electron chi connectivity index (χ0n) is 15.6. The minimum absolute atomic E-state index is 0.117. The summed E-state index contributed by atoms with van der Waals surface area (Å²) in [7, 11) is 0. The van der Waals surface area contributed by atoms with Crippen molar-refractivity contribution in [2.75, 3.05) is 26.2 Å². The van der Waals surface area contributed by atoms with Gasteiger partial charge < -0.3 is 9.64 Å². The summed E-state index contributed by atoms with van der Waals surface area (Å²) >= 11 is 0. The van der Waals surface area contributed by atoms with Crippen molar-refractivity contribution in [1.29, 1.82) is 0 Å². The molecular formula is C21H26N4O2. The molecule has 2 aliphatic rings. The third-order valence-corrected chi connectivity index (χ3v) is 5.51. The molecule has 6 heteroatoms. The molecule has 0 N–H and O–H groups in total. The van der Waals surface area contributed by atoms with Gasteiger partial charge in [-0.05, 0) is 43.5 Å². The number of carbonyl (C=O) groups is 1. The van der Waals surface area contributed by atoms with Gasteiger partial charge in [-0.2, -0.15) is 0 Å². The molecule has 1 saturated carbocycles. The van der Waals surface area contributed by atoms with Crippen LogP contribution >= 0.6 is 0 Å². The predicted octanol–water partition coefficient (Wildman–Crippen LogP) is 2.76. The quantitative estimate of drug-likeness (QED) is 0.814. The van der Waals surface area contributed by atoms with Crippen LogP contribution in [0.4, 0.5) is 0 Å². The molecule has 1 aromatic heterocycles. The molecule has 1 aliphatic heterocycles. The summed E-state index contributed by atoms with van der Waals surface area (Å²) in [5.41, 5.74) is 1.50. The van der Waals surface area contributed by atoms with Crippen molar-refractivity contribution >= 4 is 5.91 Å². The van der Waals surface area contributed by atoms with Crippen LogP contribution in [0.2, 0.25) is 0 Å². The largest absolute Gasteiger partial charge is 0.487 e. The van der Waals surface area contributed by atoms with E-state index in [2.05, 4.69) is 14.9 Å². The average Bonchev–Trinajstić information content (AvgIpc) is 2.92. The molecular weight excluding hydrogens is 340 g/mol. The van der Waals surface area contributed by atoms with Gasteiger partial charge in [0.2, 0.25) is 0 Å². The van der Waals surface area contributed by atoms with E-state index in [9.17, 15) is 4.79 Å². The van der Waals surface area contributed by atoms with Crippen LogP contribution < -0.4 is 4.74 Å². The maximum absolute atomic E-state index is 12.9. The standard InChI is InChI=1S/C21H26N4O2/c26-21(25-12-2-11-24(13-14-25)19-3-1-4-19)17-5-7-20(8-6-17)27-16-18-15-22-9-10-23-18/h5-10,15,19H,1-4,11-14,16H2. The second kappa shape index (κ2) is 8.48. The van der Waals surface area contributed by atoms with Gasteiger partial charge in [0.25, 0.3) is 5.91 Å². The summed E-state index contributed by atoms with van der Waals surface area (Å²) in [6, 6.07) is 8.15. The van der Waals surface area contributed by atoms with Crippen LogP contribution in [0.25, 0.3) is 0 Å². The van der Waals surface area contributed by atoms with Gasteiger partial charge in [-0.3, -0.25) is 19.7 Å². The fourth-order valence-corrected chi connectivity index (χ4v) is 3.70. The van der Waals surface area contributed by atoms with E-state index in [0.717, 1.165) is 55.6 Å². The molecule has 142 valence electrons. The van der Waals surface area contributed by atoms with Gasteiger partial charge in [0.1, 0.15) is 12.4 Å². The third kappa shape index (κ3) is 4.45. The normalized spacial score (nSPS) is 18.6. The van der Waals surface area contributed by atoms with Gasteiger partial charge in [-0.1, -0.05) is 6.42 Å². The lowest BCUT2D eigenvalue weighted by Crippen LogP contribution is -2.42. The number of hydrogen-bond acceptors (Lipinski definition) is 5. The average molecular weight is 366 g/mol. The Hall–Kier alpha value is -2.47. The predicted molar refractivity (Wildman–Crippen MR) is 103 cm³/mol. The van der Waals surface area contributed by atoms with Crippen molar-refractivity contribution in [2.24, 2.45) is 0 Å². The summed E-state index contributed by atoms with van der Waals surface area (Å²) < 4.78 is 5.72. The van der Waals surface area contributed by atoms with E-state index in [1.165, 1.54) is 19.3 Å². The Balaban J connectivity index is 1.32. The Bertz CT molecular complexity index is 747. The van der Waals surface area contributed by atoms with Gasteiger partial charge in [0.05, 0.1) is 11.9 Å². The Morgan fingerprint density at radius 2 is 1.89 bits per heavy atom. The number of hydrogen-bond donors (Lipinski definition) is 0. The molecule has 0 radical (unpaired) electrons. The number of benzene rings is 1. The highest BCUT2D eigenvalue weighted by Gasteiger charge is 2.27. The molecule has 1 saturated heterocycles. The van der Waals surface area contributed by atoms with E-state index in [1.807, 2.05) is 29.2 Å². The van der Waals surface area contributed by atoms with Gasteiger partial charge in [0, 0.05) is 50.2 Å². The molecule has 1 aliphatic carbocycles. The smallest absolute Gasteiger partial charge is 0.253 e. The molecule has 27 heavy (non-hydrogen) atoms. The van der Waals surface area contributed by atoms with E-state index in [-0.39, 0.29) is 5.91 Å². The van der Waals surface area contributed by atoms with Gasteiger partial charge in [0.15, 0.2) is 0 Å². The molecule has 2 heterocycles. The van der Waals surface area contributed by atoms with Crippen LogP contribution in [0.15, 0.2) is 42.9 Å². The van der Waals surface area contributed by atoms with Crippen LogP contribution in [0.3, 0.4) is 0 Å². The lowest BCUT2D eigenvalue weighted by Gasteiger charge is -2.36. The first-order chi connectivity index (χ1) is 13.3. The SMILES string of the molecule is O=C(c1ccc(OCc2cnccn2)cc1)N1CCCN(C2CCC2)CC1. The van der Waals surface area contributed by atoms with Crippen molar-refractivity contribution in [3.63, 3.8) is 0 Å². The Morgan fingerprint density at radius 1 is 1.04 bits per heavy atom. The van der Waals surface area contributed by atoms with Crippen molar-refractivity contribution in [2.45, 2.75) is 38.3 Å². The minimum atomic E-state index is 0.117. The van der Waals surface area contributed by atoms with Crippen molar-refractivity contribution in [1.82, 2.24) is 19.8 Å². The molecule has 0 bridgehead atoms. The Morgan fingerprint density at radius 3 is 2.59 bits per heavy atom. The first-order valence-electron chi connectivity index (χ1n) is 9.81. The maximum atomic E-state index is 12.9. The number of aromatic nitrogens is 2. The Labute approximate surface area is 160 Å². The summed E-state index contributed by atoms with van der Waals surface area (Å²) in [4.78, 5) is 25.6. The van der Waals surface area contributed by atoms with Crippen LogP contribution in [-0.2, 0) is 6.61 Å². The van der Waals surface area contributed by atoms with E-state index in [1.54, 1.807) is 18.6 Å². The van der Waals surface area contributed by atoms with Crippen molar-refractivity contribution in [3.8, 4) is 5.75 Å². The third-order valence-electron chi connectivity index (χ3n) is 5.51. The molecule has 6 nitrogen and oxygen atoms in total. The molecule has 0 unspecified atom stereocenters. The number of carbonyl (C=O) groups excluding carboxylic acids is 1. The van der Waals surface area contributed by atoms with Gasteiger partial charge >= 0.3 is 0 Å². The zero-order valence-corrected chi connectivity index (χ0v) is 15.6. The fraction of sp³-hybridized carbons (Fsp3) is 0.476. The molecule has 0 atom stereocenters. The summed E-state index contributed by atoms with van der Waals surface area (Å²) in [5.74, 6) is 0.843. The second-order valence-corrected chi connectivity index (χ2v) is 7.28. The summed E-state index contributed by atoms with van der Waals surface area (Å²) in [6.45, 7) is 4.14. The monoisotopic (exact) mass is 366 g/mol. The molecule has 2 aromatic rings. The van der Waals surface area contributed by atoms with Crippen molar-refractivity contribution in [3.05, 3.63) is 54.1 Å². The lowest BCUT2D eigenvalue weighted by atomic mass is 9.91. The number of amides is 1. The highest BCUT2D eigenvalue weighted by Crippen LogP contribution is 2.26. The first-order valence-corrected chi connectivity index (χ1v) is 9.81. The molecule has 0 spiro atoms. The molecule has 2 fully saturated rings. The maximum Gasteiger partial charge on any atom is 0.253 e. The lowest BCUT2D eigenvalue weighted by molar-refractivity contribution is 0.0749. The number of ether oxygens (including phenoxy) is 1. The van der Waals surface area contributed by atoms with E-state index < -0.39 is 0 Å². The highest BCUT2D eigenvalue weighted by atomic mass is 16.5. The van der Waals surface area contributed by atoms with E-state index in [4.69, 9.17) is 4.74 Å². The zero-order chi connectivity index (χ0) is 18.5. The van der Waals surface area contributed by atoms with E-state index in [0.29, 0.717) is 6.61 Å². The van der Waals surface area contributed by atoms with E-state index >= 15 is 0 Å². The summed E-state index contributed by atoms with van der Waals surface area (Å²) in [5, 5.41) is 0. The topological polar surface area (TPSA) is 58.6 Å². The molecule has 1 amide bonds. The van der Waals surface area contributed by atoms with Crippen LogP contribution in [-0.4, -0.2) is 57.9 Å². The molecule has 1 aromatic carbocycles. The number of nitrogens with zero attached hydrogens (tertiary/aromatic N) is 4. The van der Waals surface area contributed by atoms with Crippen molar-refractivity contribution < 1.29 is 9.53 Å². The minimum Gasteiger partial charge on any atom is -0.487 e. The van der Waals surface area contributed by atoms with Crippen LogP contribution in [0, 0.1) is 0 Å².